The largest absolute Gasteiger partial charge is 0.573 e. The van der Waals surface area contributed by atoms with Crippen molar-refractivity contribution in [2.45, 2.75) is 37.6 Å². The van der Waals surface area contributed by atoms with Crippen LogP contribution in [0.25, 0.3) is 0 Å². The predicted octanol–water partition coefficient (Wildman–Crippen LogP) is 2.80. The Labute approximate surface area is 114 Å². The number of carbonyl (C=O) groups is 1. The molecule has 0 heterocycles. The molecule has 1 aromatic carbocycles. The van der Waals surface area contributed by atoms with Crippen LogP contribution in [0, 0.1) is 0 Å². The molecule has 0 atom stereocenters. The number of amides is 1. The highest BCUT2D eigenvalue weighted by atomic mass is 19.4. The molecule has 1 aliphatic rings. The Kier molecular flexibility index (Phi) is 3.89. The highest BCUT2D eigenvalue weighted by Crippen LogP contribution is 2.32. The smallest absolute Gasteiger partial charge is 0.406 e. The minimum atomic E-state index is -4.72. The second-order valence-electron chi connectivity index (χ2n) is 5.01. The van der Waals surface area contributed by atoms with Gasteiger partial charge in [-0.3, -0.25) is 4.79 Å². The van der Waals surface area contributed by atoms with Crippen LogP contribution in [0.1, 0.15) is 25.7 Å². The van der Waals surface area contributed by atoms with E-state index in [0.29, 0.717) is 5.69 Å². The maximum absolute atomic E-state index is 12.0. The highest BCUT2D eigenvalue weighted by Gasteiger charge is 2.34. The number of alkyl halides is 3. The van der Waals surface area contributed by atoms with Crippen molar-refractivity contribution in [3.63, 3.8) is 0 Å². The van der Waals surface area contributed by atoms with Gasteiger partial charge in [-0.05, 0) is 43.5 Å². The molecular weight excluding hydrogens is 273 g/mol. The summed E-state index contributed by atoms with van der Waals surface area (Å²) >= 11 is 0. The van der Waals surface area contributed by atoms with E-state index in [0.717, 1.165) is 31.4 Å². The number of nitrogens with one attached hydrogen (secondary N) is 1. The molecule has 2 rings (SSSR count). The van der Waals surface area contributed by atoms with Gasteiger partial charge in [0, 0.05) is 17.6 Å². The molecule has 3 N–H and O–H groups in total. The third-order valence-corrected chi connectivity index (χ3v) is 3.23. The van der Waals surface area contributed by atoms with Crippen molar-refractivity contribution in [3.05, 3.63) is 24.3 Å². The molecule has 20 heavy (non-hydrogen) atoms. The Balaban J connectivity index is 1.88. The summed E-state index contributed by atoms with van der Waals surface area (Å²) in [7, 11) is 0. The summed E-state index contributed by atoms with van der Waals surface area (Å²) < 4.78 is 39.7. The van der Waals surface area contributed by atoms with Crippen LogP contribution in [0.3, 0.4) is 0 Å². The van der Waals surface area contributed by atoms with Gasteiger partial charge >= 0.3 is 6.36 Å². The van der Waals surface area contributed by atoms with E-state index in [9.17, 15) is 18.0 Å². The molecule has 0 bridgehead atoms. The fraction of sp³-hybridized carbons (Fsp3) is 0.462. The van der Waals surface area contributed by atoms with E-state index in [4.69, 9.17) is 5.73 Å². The van der Waals surface area contributed by atoms with Crippen LogP contribution in [-0.2, 0) is 4.79 Å². The van der Waals surface area contributed by atoms with Crippen LogP contribution in [-0.4, -0.2) is 17.8 Å². The summed E-state index contributed by atoms with van der Waals surface area (Å²) in [5.41, 5.74) is 5.93. The Bertz CT molecular complexity index is 481. The van der Waals surface area contributed by atoms with Crippen LogP contribution >= 0.6 is 0 Å². The quantitative estimate of drug-likeness (QED) is 0.895. The van der Waals surface area contributed by atoms with E-state index in [1.165, 1.54) is 12.1 Å². The number of benzene rings is 1. The van der Waals surface area contributed by atoms with Gasteiger partial charge in [0.25, 0.3) is 0 Å². The topological polar surface area (TPSA) is 64.4 Å². The van der Waals surface area contributed by atoms with Gasteiger partial charge in [0.2, 0.25) is 5.91 Å². The molecule has 4 nitrogen and oxygen atoms in total. The van der Waals surface area contributed by atoms with Crippen molar-refractivity contribution in [2.24, 2.45) is 5.73 Å². The molecule has 1 aliphatic carbocycles. The number of anilines is 1. The van der Waals surface area contributed by atoms with Gasteiger partial charge in [-0.15, -0.1) is 13.2 Å². The standard InChI is InChI=1S/C13H15F3N2O2/c14-13(15,16)20-10-4-2-9(3-5-10)18-11(19)8-12(17)6-1-7-12/h2-5H,1,6-8,17H2,(H,18,19). The second kappa shape index (κ2) is 5.32. The molecule has 1 amide bonds. The summed E-state index contributed by atoms with van der Waals surface area (Å²) in [6, 6.07) is 4.99. The number of rotatable bonds is 4. The van der Waals surface area contributed by atoms with Crippen LogP contribution in [0.2, 0.25) is 0 Å². The highest BCUT2D eigenvalue weighted by molar-refractivity contribution is 5.91. The van der Waals surface area contributed by atoms with E-state index >= 15 is 0 Å². The molecule has 1 aromatic rings. The van der Waals surface area contributed by atoms with Gasteiger partial charge < -0.3 is 15.8 Å². The SMILES string of the molecule is NC1(CC(=O)Nc2ccc(OC(F)(F)F)cc2)CCC1. The van der Waals surface area contributed by atoms with E-state index in [1.54, 1.807) is 0 Å². The predicted molar refractivity (Wildman–Crippen MR) is 67.1 cm³/mol. The molecule has 110 valence electrons. The molecule has 7 heteroatoms. The summed E-state index contributed by atoms with van der Waals surface area (Å²) in [5, 5.41) is 2.60. The van der Waals surface area contributed by atoms with Crippen molar-refractivity contribution in [1.29, 1.82) is 0 Å². The zero-order chi connectivity index (χ0) is 14.8. The van der Waals surface area contributed by atoms with Crippen LogP contribution in [0.15, 0.2) is 24.3 Å². The number of hydrogen-bond acceptors (Lipinski definition) is 3. The van der Waals surface area contributed by atoms with Crippen LogP contribution in [0.5, 0.6) is 5.75 Å². The fourth-order valence-corrected chi connectivity index (χ4v) is 2.07. The lowest BCUT2D eigenvalue weighted by molar-refractivity contribution is -0.274. The summed E-state index contributed by atoms with van der Waals surface area (Å²) in [6.45, 7) is 0. The van der Waals surface area contributed by atoms with Crippen LogP contribution in [0.4, 0.5) is 18.9 Å². The zero-order valence-corrected chi connectivity index (χ0v) is 10.7. The molecule has 0 saturated heterocycles. The fourth-order valence-electron chi connectivity index (χ4n) is 2.07. The maximum atomic E-state index is 12.0. The van der Waals surface area contributed by atoms with Gasteiger partial charge in [-0.25, -0.2) is 0 Å². The minimum Gasteiger partial charge on any atom is -0.406 e. The minimum absolute atomic E-state index is 0.216. The van der Waals surface area contributed by atoms with Crippen molar-refractivity contribution in [1.82, 2.24) is 0 Å². The average Bonchev–Trinajstić information content (AvgIpc) is 2.27. The lowest BCUT2D eigenvalue weighted by atomic mass is 9.75. The Morgan fingerprint density at radius 3 is 2.35 bits per heavy atom. The summed E-state index contributed by atoms with van der Waals surface area (Å²) in [6.07, 6.45) is -1.85. The van der Waals surface area contributed by atoms with E-state index in [-0.39, 0.29) is 18.1 Å². The maximum Gasteiger partial charge on any atom is 0.573 e. The third kappa shape index (κ3) is 4.12. The third-order valence-electron chi connectivity index (χ3n) is 3.23. The first kappa shape index (κ1) is 14.6. The second-order valence-corrected chi connectivity index (χ2v) is 5.01. The van der Waals surface area contributed by atoms with Gasteiger partial charge in [0.1, 0.15) is 5.75 Å². The number of carbonyl (C=O) groups excluding carboxylic acids is 1. The normalized spacial score (nSPS) is 17.2. The van der Waals surface area contributed by atoms with Crippen molar-refractivity contribution in [3.8, 4) is 5.75 Å². The van der Waals surface area contributed by atoms with E-state index < -0.39 is 11.9 Å². The van der Waals surface area contributed by atoms with E-state index in [1.807, 2.05) is 0 Å². The Morgan fingerprint density at radius 1 is 1.30 bits per heavy atom. The molecule has 1 fully saturated rings. The number of nitrogens with two attached hydrogens (primary N) is 1. The molecule has 0 spiro atoms. The first-order valence-electron chi connectivity index (χ1n) is 6.20. The van der Waals surface area contributed by atoms with Crippen LogP contribution < -0.4 is 15.8 Å². The molecule has 0 aromatic heterocycles. The molecule has 0 unspecified atom stereocenters. The van der Waals surface area contributed by atoms with Gasteiger partial charge in [0.05, 0.1) is 0 Å². The summed E-state index contributed by atoms with van der Waals surface area (Å²) in [4.78, 5) is 11.7. The van der Waals surface area contributed by atoms with Gasteiger partial charge in [0.15, 0.2) is 0 Å². The Hall–Kier alpha value is -1.76. The monoisotopic (exact) mass is 288 g/mol. The lowest BCUT2D eigenvalue weighted by Crippen LogP contribution is -2.48. The van der Waals surface area contributed by atoms with E-state index in [2.05, 4.69) is 10.1 Å². The number of halogens is 3. The van der Waals surface area contributed by atoms with Gasteiger partial charge in [-0.1, -0.05) is 0 Å². The molecular formula is C13H15F3N2O2. The average molecular weight is 288 g/mol. The van der Waals surface area contributed by atoms with Crippen molar-refractivity contribution in [2.75, 3.05) is 5.32 Å². The molecule has 1 saturated carbocycles. The van der Waals surface area contributed by atoms with Crippen molar-refractivity contribution < 1.29 is 22.7 Å². The number of hydrogen-bond donors (Lipinski definition) is 2. The first-order valence-corrected chi connectivity index (χ1v) is 6.20. The lowest BCUT2D eigenvalue weighted by Gasteiger charge is -2.37. The summed E-state index contributed by atoms with van der Waals surface area (Å²) in [5.74, 6) is -0.568. The Morgan fingerprint density at radius 2 is 1.90 bits per heavy atom. The van der Waals surface area contributed by atoms with Gasteiger partial charge in [-0.2, -0.15) is 0 Å². The molecule has 0 aliphatic heterocycles. The zero-order valence-electron chi connectivity index (χ0n) is 10.7. The first-order chi connectivity index (χ1) is 9.26. The van der Waals surface area contributed by atoms with Crippen molar-refractivity contribution >= 4 is 11.6 Å². The number of ether oxygens (including phenoxy) is 1. The molecule has 0 radical (unpaired) electrons.